The van der Waals surface area contributed by atoms with Crippen molar-refractivity contribution in [3.05, 3.63) is 0 Å². The molecule has 1 amide bonds. The molecule has 0 N–H and O–H groups in total. The molecule has 0 heterocycles. The van der Waals surface area contributed by atoms with E-state index in [1.165, 1.54) is 25.7 Å². The predicted molar refractivity (Wildman–Crippen MR) is 84.2 cm³/mol. The highest BCUT2D eigenvalue weighted by Gasteiger charge is 2.29. The van der Waals surface area contributed by atoms with Gasteiger partial charge >= 0.3 is 0 Å². The molecule has 0 aromatic carbocycles. The Hall–Kier alpha value is -0.530. The van der Waals surface area contributed by atoms with Gasteiger partial charge in [-0.2, -0.15) is 0 Å². The third kappa shape index (κ3) is 5.54. The molecule has 0 saturated carbocycles. The molecule has 0 aromatic rings. The number of amides is 1. The van der Waals surface area contributed by atoms with Crippen molar-refractivity contribution in [2.75, 3.05) is 0 Å². The monoisotopic (exact) mass is 269 g/mol. The second-order valence-corrected chi connectivity index (χ2v) is 6.04. The van der Waals surface area contributed by atoms with E-state index < -0.39 is 0 Å². The molecule has 4 unspecified atom stereocenters. The van der Waals surface area contributed by atoms with Gasteiger partial charge in [0.25, 0.3) is 0 Å². The second kappa shape index (κ2) is 10.3. The topological polar surface area (TPSA) is 20.3 Å². The Morgan fingerprint density at radius 3 is 1.42 bits per heavy atom. The van der Waals surface area contributed by atoms with E-state index >= 15 is 0 Å². The molecule has 19 heavy (non-hydrogen) atoms. The lowest BCUT2D eigenvalue weighted by Crippen LogP contribution is -2.47. The number of hydrogen-bond acceptors (Lipinski definition) is 1. The zero-order valence-corrected chi connectivity index (χ0v) is 14.0. The standard InChI is InChI=1S/C17H35NO/c1-7-11-14(5)16(9-3)18(13-19)17(10-4)15(6)12-8-2/h13-17H,7-12H2,1-6H3. The molecule has 2 heteroatoms. The molecular formula is C17H35NO. The minimum absolute atomic E-state index is 0.404. The van der Waals surface area contributed by atoms with Gasteiger partial charge in [0.1, 0.15) is 0 Å². The third-order valence-corrected chi connectivity index (χ3v) is 4.53. The molecule has 0 bridgehead atoms. The van der Waals surface area contributed by atoms with Crippen LogP contribution >= 0.6 is 0 Å². The summed E-state index contributed by atoms with van der Waals surface area (Å²) < 4.78 is 0. The van der Waals surface area contributed by atoms with Crippen LogP contribution in [0.2, 0.25) is 0 Å². The fourth-order valence-corrected chi connectivity index (χ4v) is 3.51. The van der Waals surface area contributed by atoms with Crippen LogP contribution in [0.25, 0.3) is 0 Å². The van der Waals surface area contributed by atoms with Crippen LogP contribution in [-0.2, 0) is 4.79 Å². The van der Waals surface area contributed by atoms with Crippen molar-refractivity contribution in [3.8, 4) is 0 Å². The second-order valence-electron chi connectivity index (χ2n) is 6.04. The molecule has 114 valence electrons. The normalized spacial score (nSPS) is 17.6. The van der Waals surface area contributed by atoms with E-state index in [1.807, 2.05) is 0 Å². The van der Waals surface area contributed by atoms with Gasteiger partial charge in [-0.1, -0.05) is 54.4 Å². The van der Waals surface area contributed by atoms with E-state index in [9.17, 15) is 4.79 Å². The van der Waals surface area contributed by atoms with Gasteiger partial charge in [0.2, 0.25) is 6.41 Å². The number of carbonyl (C=O) groups is 1. The Kier molecular flexibility index (Phi) is 9.99. The summed E-state index contributed by atoms with van der Waals surface area (Å²) in [5, 5.41) is 0. The summed E-state index contributed by atoms with van der Waals surface area (Å²) in [6, 6.07) is 0.809. The number of carbonyl (C=O) groups excluding carboxylic acids is 1. The molecule has 0 fully saturated rings. The SMILES string of the molecule is CCCC(C)C(CC)N(C=O)C(CC)C(C)CCC. The van der Waals surface area contributed by atoms with Crippen LogP contribution in [-0.4, -0.2) is 23.4 Å². The van der Waals surface area contributed by atoms with Gasteiger partial charge in [0, 0.05) is 12.1 Å². The van der Waals surface area contributed by atoms with E-state index in [1.54, 1.807) is 0 Å². The van der Waals surface area contributed by atoms with Crippen LogP contribution in [0.1, 0.15) is 80.1 Å². The Balaban J connectivity index is 4.94. The highest BCUT2D eigenvalue weighted by Crippen LogP contribution is 2.26. The van der Waals surface area contributed by atoms with Crippen LogP contribution in [0.5, 0.6) is 0 Å². The van der Waals surface area contributed by atoms with Gasteiger partial charge in [-0.15, -0.1) is 0 Å². The average Bonchev–Trinajstić information content (AvgIpc) is 2.39. The summed E-state index contributed by atoms with van der Waals surface area (Å²) >= 11 is 0. The summed E-state index contributed by atoms with van der Waals surface area (Å²) in [5.41, 5.74) is 0. The maximum absolute atomic E-state index is 11.6. The van der Waals surface area contributed by atoms with Gasteiger partial charge < -0.3 is 4.90 Å². The van der Waals surface area contributed by atoms with Gasteiger partial charge in [0.05, 0.1) is 0 Å². The Morgan fingerprint density at radius 2 is 1.21 bits per heavy atom. The van der Waals surface area contributed by atoms with Gasteiger partial charge in [0.15, 0.2) is 0 Å². The van der Waals surface area contributed by atoms with Crippen LogP contribution in [0.3, 0.4) is 0 Å². The maximum Gasteiger partial charge on any atom is 0.210 e. The highest BCUT2D eigenvalue weighted by atomic mass is 16.1. The molecular weight excluding hydrogens is 234 g/mol. The first-order valence-electron chi connectivity index (χ1n) is 8.29. The van der Waals surface area contributed by atoms with Crippen molar-refractivity contribution < 1.29 is 4.79 Å². The number of hydrogen-bond donors (Lipinski definition) is 0. The lowest BCUT2D eigenvalue weighted by Gasteiger charge is -2.40. The Morgan fingerprint density at radius 1 is 0.842 bits per heavy atom. The summed E-state index contributed by atoms with van der Waals surface area (Å²) in [6.45, 7) is 13.5. The van der Waals surface area contributed by atoms with Crippen molar-refractivity contribution in [1.29, 1.82) is 0 Å². The summed E-state index contributed by atoms with van der Waals surface area (Å²) in [6.07, 6.45) is 8.06. The smallest absolute Gasteiger partial charge is 0.210 e. The van der Waals surface area contributed by atoms with E-state index in [0.29, 0.717) is 23.9 Å². The zero-order chi connectivity index (χ0) is 14.8. The van der Waals surface area contributed by atoms with Crippen LogP contribution < -0.4 is 0 Å². The van der Waals surface area contributed by atoms with Gasteiger partial charge in [-0.25, -0.2) is 0 Å². The van der Waals surface area contributed by atoms with Crippen molar-refractivity contribution in [3.63, 3.8) is 0 Å². The molecule has 0 aliphatic heterocycles. The summed E-state index contributed by atoms with van der Waals surface area (Å²) in [7, 11) is 0. The minimum atomic E-state index is 0.404. The van der Waals surface area contributed by atoms with Crippen LogP contribution in [0, 0.1) is 11.8 Å². The molecule has 0 spiro atoms. The van der Waals surface area contributed by atoms with Crippen molar-refractivity contribution in [2.45, 2.75) is 92.2 Å². The average molecular weight is 269 g/mol. The van der Waals surface area contributed by atoms with E-state index in [-0.39, 0.29) is 0 Å². The first kappa shape index (κ1) is 18.5. The quantitative estimate of drug-likeness (QED) is 0.490. The van der Waals surface area contributed by atoms with Crippen molar-refractivity contribution in [1.82, 2.24) is 4.90 Å². The Labute approximate surface area is 120 Å². The van der Waals surface area contributed by atoms with Crippen molar-refractivity contribution in [2.24, 2.45) is 11.8 Å². The molecule has 0 aliphatic rings. The molecule has 0 aromatic heterocycles. The summed E-state index contributed by atoms with van der Waals surface area (Å²) in [5.74, 6) is 1.20. The van der Waals surface area contributed by atoms with E-state index in [2.05, 4.69) is 46.4 Å². The number of nitrogens with zero attached hydrogens (tertiary/aromatic N) is 1. The first-order chi connectivity index (χ1) is 9.06. The fraction of sp³-hybridized carbons (Fsp3) is 0.941. The van der Waals surface area contributed by atoms with Gasteiger partial charge in [-0.3, -0.25) is 4.79 Å². The van der Waals surface area contributed by atoms with E-state index in [4.69, 9.17) is 0 Å². The van der Waals surface area contributed by atoms with Crippen LogP contribution in [0.15, 0.2) is 0 Å². The number of rotatable bonds is 11. The lowest BCUT2D eigenvalue weighted by molar-refractivity contribution is -0.125. The molecule has 0 aliphatic carbocycles. The van der Waals surface area contributed by atoms with Crippen molar-refractivity contribution >= 4 is 6.41 Å². The molecule has 4 atom stereocenters. The first-order valence-corrected chi connectivity index (χ1v) is 8.29. The molecule has 0 rings (SSSR count). The van der Waals surface area contributed by atoms with E-state index in [0.717, 1.165) is 19.3 Å². The highest BCUT2D eigenvalue weighted by molar-refractivity contribution is 5.48. The molecule has 2 nitrogen and oxygen atoms in total. The zero-order valence-electron chi connectivity index (χ0n) is 14.0. The van der Waals surface area contributed by atoms with Crippen LogP contribution in [0.4, 0.5) is 0 Å². The lowest BCUT2D eigenvalue weighted by atomic mass is 9.88. The van der Waals surface area contributed by atoms with Gasteiger partial charge in [-0.05, 0) is 37.5 Å². The fourth-order valence-electron chi connectivity index (χ4n) is 3.51. The molecule has 0 saturated heterocycles. The summed E-state index contributed by atoms with van der Waals surface area (Å²) in [4.78, 5) is 13.8. The third-order valence-electron chi connectivity index (χ3n) is 4.53. The predicted octanol–water partition coefficient (Wildman–Crippen LogP) is 4.87. The Bertz CT molecular complexity index is 209. The maximum atomic E-state index is 11.6. The molecule has 0 radical (unpaired) electrons. The largest absolute Gasteiger partial charge is 0.339 e. The minimum Gasteiger partial charge on any atom is -0.339 e.